The Labute approximate surface area is 158 Å². The van der Waals surface area contributed by atoms with E-state index in [0.717, 1.165) is 25.6 Å². The van der Waals surface area contributed by atoms with E-state index < -0.39 is 0 Å². The number of amides is 1. The molecule has 0 bridgehead atoms. The molecule has 2 rings (SSSR count). The van der Waals surface area contributed by atoms with E-state index in [-0.39, 0.29) is 30.7 Å². The van der Waals surface area contributed by atoms with Crippen LogP contribution < -0.4 is 11.1 Å². The zero-order chi connectivity index (χ0) is 15.9. The molecule has 1 saturated heterocycles. The molecule has 1 aliphatic rings. The minimum Gasteiger partial charge on any atom is -0.398 e. The molecular weight excluding hydrogens is 345 g/mol. The maximum absolute atomic E-state index is 12.1. The summed E-state index contributed by atoms with van der Waals surface area (Å²) in [6.07, 6.45) is 3.61. The van der Waals surface area contributed by atoms with Gasteiger partial charge in [0.15, 0.2) is 0 Å². The van der Waals surface area contributed by atoms with Crippen LogP contribution in [0.2, 0.25) is 0 Å². The Hall–Kier alpha value is -0.970. The van der Waals surface area contributed by atoms with E-state index >= 15 is 0 Å². The van der Waals surface area contributed by atoms with Gasteiger partial charge in [0.25, 0.3) is 5.91 Å². The van der Waals surface area contributed by atoms with Gasteiger partial charge in [-0.1, -0.05) is 26.0 Å². The van der Waals surface area contributed by atoms with Crippen LogP contribution in [0.4, 0.5) is 5.69 Å². The smallest absolute Gasteiger partial charge is 0.253 e. The van der Waals surface area contributed by atoms with Crippen LogP contribution in [0.25, 0.3) is 0 Å². The number of carbonyl (C=O) groups is 1. The van der Waals surface area contributed by atoms with Gasteiger partial charge in [0.2, 0.25) is 0 Å². The number of piperidine rings is 1. The van der Waals surface area contributed by atoms with Crippen molar-refractivity contribution in [1.82, 2.24) is 10.2 Å². The summed E-state index contributed by atoms with van der Waals surface area (Å²) in [7, 11) is 0. The molecule has 6 heteroatoms. The Morgan fingerprint density at radius 3 is 2.46 bits per heavy atom. The molecule has 138 valence electrons. The molecule has 0 atom stereocenters. The average molecular weight is 376 g/mol. The van der Waals surface area contributed by atoms with E-state index in [9.17, 15) is 4.79 Å². The number of nitrogens with one attached hydrogen (secondary N) is 1. The number of rotatable bonds is 6. The van der Waals surface area contributed by atoms with Crippen molar-refractivity contribution < 1.29 is 4.79 Å². The molecule has 3 N–H and O–H groups in total. The van der Waals surface area contributed by atoms with E-state index in [1.165, 1.54) is 25.8 Å². The first-order valence-corrected chi connectivity index (χ1v) is 8.41. The predicted molar refractivity (Wildman–Crippen MR) is 106 cm³/mol. The maximum atomic E-state index is 12.1. The fourth-order valence-corrected chi connectivity index (χ4v) is 2.89. The van der Waals surface area contributed by atoms with Crippen LogP contribution in [0.1, 0.15) is 43.5 Å². The summed E-state index contributed by atoms with van der Waals surface area (Å²) in [5.74, 6) is 1.30. The zero-order valence-electron chi connectivity index (χ0n) is 14.7. The minimum atomic E-state index is -0.0552. The summed E-state index contributed by atoms with van der Waals surface area (Å²) >= 11 is 0. The van der Waals surface area contributed by atoms with Gasteiger partial charge in [-0.15, -0.1) is 24.8 Å². The second kappa shape index (κ2) is 11.6. The Bertz CT molecular complexity index is 489. The molecule has 1 aliphatic heterocycles. The first-order valence-electron chi connectivity index (χ1n) is 8.41. The number of nitrogens with two attached hydrogens (primary N) is 1. The number of carbonyl (C=O) groups excluding carboxylic acids is 1. The number of para-hydroxylation sites is 1. The number of hydrogen-bond acceptors (Lipinski definition) is 3. The predicted octanol–water partition coefficient (Wildman–Crippen LogP) is 3.60. The van der Waals surface area contributed by atoms with Crippen molar-refractivity contribution in [2.75, 3.05) is 31.9 Å². The maximum Gasteiger partial charge on any atom is 0.253 e. The number of likely N-dealkylation sites (tertiary alicyclic amines) is 1. The molecule has 1 fully saturated rings. The zero-order valence-corrected chi connectivity index (χ0v) is 16.3. The van der Waals surface area contributed by atoms with Crippen molar-refractivity contribution in [3.05, 3.63) is 29.8 Å². The van der Waals surface area contributed by atoms with Gasteiger partial charge in [0, 0.05) is 12.2 Å². The van der Waals surface area contributed by atoms with Crippen LogP contribution in [-0.4, -0.2) is 37.0 Å². The van der Waals surface area contributed by atoms with Gasteiger partial charge in [0.1, 0.15) is 0 Å². The van der Waals surface area contributed by atoms with E-state index in [0.29, 0.717) is 17.2 Å². The number of nitrogens with zero attached hydrogens (tertiary/aromatic N) is 1. The van der Waals surface area contributed by atoms with Crippen LogP contribution in [0.5, 0.6) is 0 Å². The summed E-state index contributed by atoms with van der Waals surface area (Å²) in [6.45, 7) is 8.82. The monoisotopic (exact) mass is 375 g/mol. The highest BCUT2D eigenvalue weighted by Gasteiger charge is 2.20. The van der Waals surface area contributed by atoms with Crippen molar-refractivity contribution in [2.24, 2.45) is 11.8 Å². The third-order valence-corrected chi connectivity index (χ3v) is 4.49. The fourth-order valence-electron chi connectivity index (χ4n) is 2.89. The van der Waals surface area contributed by atoms with Crippen LogP contribution in [0, 0.1) is 11.8 Å². The van der Waals surface area contributed by atoms with Gasteiger partial charge in [-0.05, 0) is 62.9 Å². The lowest BCUT2D eigenvalue weighted by atomic mass is 9.96. The average Bonchev–Trinajstić information content (AvgIpc) is 2.52. The van der Waals surface area contributed by atoms with Crippen molar-refractivity contribution in [3.8, 4) is 0 Å². The molecule has 1 heterocycles. The quantitative estimate of drug-likeness (QED) is 0.746. The van der Waals surface area contributed by atoms with E-state index in [4.69, 9.17) is 5.73 Å². The molecule has 4 nitrogen and oxygen atoms in total. The number of nitrogen functional groups attached to an aromatic ring is 1. The Morgan fingerprint density at radius 2 is 1.88 bits per heavy atom. The molecule has 0 aromatic heterocycles. The Balaban J connectivity index is 0.00000264. The van der Waals surface area contributed by atoms with Crippen LogP contribution in [0.3, 0.4) is 0 Å². The lowest BCUT2D eigenvalue weighted by molar-refractivity contribution is 0.0936. The summed E-state index contributed by atoms with van der Waals surface area (Å²) < 4.78 is 0. The van der Waals surface area contributed by atoms with Crippen molar-refractivity contribution in [2.45, 2.75) is 33.1 Å². The topological polar surface area (TPSA) is 58.4 Å². The Morgan fingerprint density at radius 1 is 1.25 bits per heavy atom. The van der Waals surface area contributed by atoms with Gasteiger partial charge in [0.05, 0.1) is 5.56 Å². The molecule has 1 aromatic rings. The highest BCUT2D eigenvalue weighted by Crippen LogP contribution is 2.18. The molecule has 0 unspecified atom stereocenters. The molecule has 0 spiro atoms. The van der Waals surface area contributed by atoms with E-state index in [2.05, 4.69) is 24.1 Å². The van der Waals surface area contributed by atoms with E-state index in [1.807, 2.05) is 12.1 Å². The first kappa shape index (κ1) is 23.0. The standard InChI is InChI=1S/C18H29N3O.2ClH/c1-14(2)7-10-21-11-8-15(9-12-21)13-20-18(22)16-5-3-4-6-17(16)19;;/h3-6,14-15H,7-13,19H2,1-2H3,(H,20,22);2*1H. The van der Waals surface area contributed by atoms with E-state index in [1.54, 1.807) is 12.1 Å². The molecular formula is C18H31Cl2N3O. The second-order valence-corrected chi connectivity index (χ2v) is 6.76. The molecule has 0 saturated carbocycles. The minimum absolute atomic E-state index is 0. The lowest BCUT2D eigenvalue weighted by Crippen LogP contribution is -2.39. The van der Waals surface area contributed by atoms with Crippen molar-refractivity contribution >= 4 is 36.4 Å². The SMILES string of the molecule is CC(C)CCN1CCC(CNC(=O)c2ccccc2N)CC1.Cl.Cl. The molecule has 0 radical (unpaired) electrons. The summed E-state index contributed by atoms with van der Waals surface area (Å²) in [5, 5.41) is 3.04. The first-order chi connectivity index (χ1) is 10.6. The van der Waals surface area contributed by atoms with Gasteiger partial charge in [-0.3, -0.25) is 4.79 Å². The highest BCUT2D eigenvalue weighted by molar-refractivity contribution is 5.99. The number of anilines is 1. The lowest BCUT2D eigenvalue weighted by Gasteiger charge is -2.32. The van der Waals surface area contributed by atoms with Gasteiger partial charge in [-0.2, -0.15) is 0 Å². The normalized spacial score (nSPS) is 15.5. The highest BCUT2D eigenvalue weighted by atomic mass is 35.5. The van der Waals surface area contributed by atoms with Gasteiger partial charge in [-0.25, -0.2) is 0 Å². The van der Waals surface area contributed by atoms with Crippen molar-refractivity contribution in [1.29, 1.82) is 0 Å². The largest absolute Gasteiger partial charge is 0.398 e. The van der Waals surface area contributed by atoms with Gasteiger partial charge >= 0.3 is 0 Å². The van der Waals surface area contributed by atoms with Crippen LogP contribution in [-0.2, 0) is 0 Å². The summed E-state index contributed by atoms with van der Waals surface area (Å²) in [4.78, 5) is 14.7. The molecule has 0 aliphatic carbocycles. The van der Waals surface area contributed by atoms with Crippen molar-refractivity contribution in [3.63, 3.8) is 0 Å². The molecule has 24 heavy (non-hydrogen) atoms. The number of benzene rings is 1. The molecule has 1 amide bonds. The number of hydrogen-bond donors (Lipinski definition) is 2. The Kier molecular flexibility index (Phi) is 11.1. The van der Waals surface area contributed by atoms with Crippen LogP contribution >= 0.6 is 24.8 Å². The molecule has 1 aromatic carbocycles. The summed E-state index contributed by atoms with van der Waals surface area (Å²) in [6, 6.07) is 7.23. The third-order valence-electron chi connectivity index (χ3n) is 4.49. The second-order valence-electron chi connectivity index (χ2n) is 6.76. The third kappa shape index (κ3) is 7.29. The van der Waals surface area contributed by atoms with Crippen LogP contribution in [0.15, 0.2) is 24.3 Å². The fraction of sp³-hybridized carbons (Fsp3) is 0.611. The summed E-state index contributed by atoms with van der Waals surface area (Å²) in [5.41, 5.74) is 6.96. The van der Waals surface area contributed by atoms with Gasteiger partial charge < -0.3 is 16.0 Å². The number of halogens is 2.